The van der Waals surface area contributed by atoms with Gasteiger partial charge in [0.1, 0.15) is 0 Å². The number of ether oxygens (including phenoxy) is 1. The van der Waals surface area contributed by atoms with E-state index in [2.05, 4.69) is 36.7 Å². The molecule has 11 heavy (non-hydrogen) atoms. The van der Waals surface area contributed by atoms with Gasteiger partial charge in [0, 0.05) is 17.4 Å². The minimum absolute atomic E-state index is 0.389. The molecule has 1 aliphatic heterocycles. The van der Waals surface area contributed by atoms with Crippen molar-refractivity contribution in [3.63, 3.8) is 0 Å². The molecule has 0 bridgehead atoms. The van der Waals surface area contributed by atoms with E-state index in [-0.39, 0.29) is 0 Å². The van der Waals surface area contributed by atoms with Crippen LogP contribution >= 0.6 is 15.9 Å². The molecule has 1 rings (SSSR count). The van der Waals surface area contributed by atoms with Gasteiger partial charge in [-0.15, -0.1) is 0 Å². The van der Waals surface area contributed by atoms with Crippen LogP contribution < -0.4 is 0 Å². The number of halogens is 1. The van der Waals surface area contributed by atoms with E-state index in [1.165, 1.54) is 6.42 Å². The minimum atomic E-state index is 0.389. The van der Waals surface area contributed by atoms with E-state index in [4.69, 9.17) is 4.74 Å². The Bertz CT molecular complexity index is 136. The van der Waals surface area contributed by atoms with Crippen molar-refractivity contribution in [3.8, 4) is 0 Å². The standard InChI is InChI=1S/C9H17BrO/c1-7(2)9(6-10)4-5-11-8(9)3/h7-8H,4-6H2,1-3H3. The van der Waals surface area contributed by atoms with E-state index < -0.39 is 0 Å². The lowest BCUT2D eigenvalue weighted by atomic mass is 9.74. The first kappa shape index (κ1) is 9.53. The largest absolute Gasteiger partial charge is 0.378 e. The van der Waals surface area contributed by atoms with Crippen molar-refractivity contribution in [1.82, 2.24) is 0 Å². The molecule has 2 atom stereocenters. The number of rotatable bonds is 2. The molecular formula is C9H17BrO. The van der Waals surface area contributed by atoms with Crippen molar-refractivity contribution in [2.45, 2.75) is 33.3 Å². The molecule has 0 aliphatic carbocycles. The highest BCUT2D eigenvalue weighted by atomic mass is 79.9. The zero-order chi connectivity index (χ0) is 8.48. The Balaban J connectivity index is 2.73. The van der Waals surface area contributed by atoms with Crippen LogP contribution in [0.25, 0.3) is 0 Å². The summed E-state index contributed by atoms with van der Waals surface area (Å²) in [5, 5.41) is 1.07. The van der Waals surface area contributed by atoms with E-state index in [1.807, 2.05) is 0 Å². The van der Waals surface area contributed by atoms with Crippen LogP contribution in [0.15, 0.2) is 0 Å². The van der Waals surface area contributed by atoms with Gasteiger partial charge in [0.25, 0.3) is 0 Å². The summed E-state index contributed by atoms with van der Waals surface area (Å²) in [7, 11) is 0. The summed E-state index contributed by atoms with van der Waals surface area (Å²) < 4.78 is 5.59. The van der Waals surface area contributed by atoms with Crippen molar-refractivity contribution in [1.29, 1.82) is 0 Å². The maximum absolute atomic E-state index is 5.59. The fraction of sp³-hybridized carbons (Fsp3) is 1.00. The van der Waals surface area contributed by atoms with Gasteiger partial charge in [-0.25, -0.2) is 0 Å². The Kier molecular flexibility index (Phi) is 2.98. The van der Waals surface area contributed by atoms with Crippen molar-refractivity contribution in [2.24, 2.45) is 11.3 Å². The molecule has 1 saturated heterocycles. The molecule has 66 valence electrons. The third-order valence-corrected chi connectivity index (χ3v) is 4.19. The smallest absolute Gasteiger partial charge is 0.0614 e. The molecule has 0 aromatic rings. The third kappa shape index (κ3) is 1.48. The van der Waals surface area contributed by atoms with Crippen LogP contribution in [-0.4, -0.2) is 18.0 Å². The van der Waals surface area contributed by atoms with Gasteiger partial charge >= 0.3 is 0 Å². The van der Waals surface area contributed by atoms with Crippen LogP contribution in [0.5, 0.6) is 0 Å². The SMILES string of the molecule is CC(C)C1(CBr)CCOC1C. The lowest BCUT2D eigenvalue weighted by Gasteiger charge is -2.34. The Labute approximate surface area is 77.6 Å². The first-order chi connectivity index (χ1) is 5.13. The van der Waals surface area contributed by atoms with Crippen molar-refractivity contribution < 1.29 is 4.74 Å². The Morgan fingerprint density at radius 1 is 1.64 bits per heavy atom. The molecule has 1 heterocycles. The Hall–Kier alpha value is 0.440. The van der Waals surface area contributed by atoms with Crippen molar-refractivity contribution in [2.75, 3.05) is 11.9 Å². The highest BCUT2D eigenvalue weighted by Gasteiger charge is 2.42. The lowest BCUT2D eigenvalue weighted by molar-refractivity contribution is 0.0522. The third-order valence-electron chi connectivity index (χ3n) is 3.14. The molecule has 1 aliphatic rings. The average Bonchev–Trinajstić information content (AvgIpc) is 2.32. The molecule has 1 nitrogen and oxygen atoms in total. The van der Waals surface area contributed by atoms with Crippen LogP contribution in [0.1, 0.15) is 27.2 Å². The maximum atomic E-state index is 5.59. The van der Waals surface area contributed by atoms with Gasteiger partial charge < -0.3 is 4.74 Å². The minimum Gasteiger partial charge on any atom is -0.378 e. The van der Waals surface area contributed by atoms with E-state index >= 15 is 0 Å². The summed E-state index contributed by atoms with van der Waals surface area (Å²) in [6, 6.07) is 0. The van der Waals surface area contributed by atoms with Gasteiger partial charge in [-0.2, -0.15) is 0 Å². The second-order valence-corrected chi connectivity index (χ2v) is 4.35. The van der Waals surface area contributed by atoms with Crippen LogP contribution in [0, 0.1) is 11.3 Å². The zero-order valence-electron chi connectivity index (χ0n) is 7.56. The highest BCUT2D eigenvalue weighted by molar-refractivity contribution is 9.09. The predicted molar refractivity (Wildman–Crippen MR) is 51.1 cm³/mol. The fourth-order valence-corrected chi connectivity index (χ4v) is 3.27. The van der Waals surface area contributed by atoms with E-state index in [0.29, 0.717) is 17.4 Å². The molecule has 2 heteroatoms. The molecule has 2 unspecified atom stereocenters. The zero-order valence-corrected chi connectivity index (χ0v) is 9.15. The number of hydrogen-bond acceptors (Lipinski definition) is 1. The number of alkyl halides is 1. The van der Waals surface area contributed by atoms with Gasteiger partial charge in [-0.05, 0) is 19.3 Å². The van der Waals surface area contributed by atoms with Gasteiger partial charge in [-0.3, -0.25) is 0 Å². The van der Waals surface area contributed by atoms with E-state index in [0.717, 1.165) is 11.9 Å². The van der Waals surface area contributed by atoms with E-state index in [1.54, 1.807) is 0 Å². The predicted octanol–water partition coefficient (Wildman–Crippen LogP) is 2.83. The molecule has 1 fully saturated rings. The summed E-state index contributed by atoms with van der Waals surface area (Å²) in [6.45, 7) is 7.69. The molecule has 0 saturated carbocycles. The first-order valence-corrected chi connectivity index (χ1v) is 5.43. The summed E-state index contributed by atoms with van der Waals surface area (Å²) in [6.07, 6.45) is 1.62. The average molecular weight is 221 g/mol. The summed E-state index contributed by atoms with van der Waals surface area (Å²) in [5.41, 5.74) is 0.389. The molecule has 0 aromatic carbocycles. The second-order valence-electron chi connectivity index (χ2n) is 3.78. The van der Waals surface area contributed by atoms with Gasteiger partial charge in [0.15, 0.2) is 0 Å². The quantitative estimate of drug-likeness (QED) is 0.651. The van der Waals surface area contributed by atoms with Crippen LogP contribution in [0.2, 0.25) is 0 Å². The topological polar surface area (TPSA) is 9.23 Å². The molecule has 0 aromatic heterocycles. The van der Waals surface area contributed by atoms with Crippen molar-refractivity contribution in [3.05, 3.63) is 0 Å². The molecule has 0 amide bonds. The molecule has 0 radical (unpaired) electrons. The molecule has 0 N–H and O–H groups in total. The van der Waals surface area contributed by atoms with Crippen LogP contribution in [0.4, 0.5) is 0 Å². The normalized spacial score (nSPS) is 38.5. The van der Waals surface area contributed by atoms with E-state index in [9.17, 15) is 0 Å². The second kappa shape index (κ2) is 3.44. The van der Waals surface area contributed by atoms with Gasteiger partial charge in [0.05, 0.1) is 6.10 Å². The fourth-order valence-electron chi connectivity index (χ4n) is 1.88. The Morgan fingerprint density at radius 3 is 2.45 bits per heavy atom. The number of hydrogen-bond donors (Lipinski definition) is 0. The van der Waals surface area contributed by atoms with Crippen LogP contribution in [0.3, 0.4) is 0 Å². The summed E-state index contributed by atoms with van der Waals surface area (Å²) in [5.74, 6) is 0.708. The van der Waals surface area contributed by atoms with Gasteiger partial charge in [-0.1, -0.05) is 29.8 Å². The van der Waals surface area contributed by atoms with Crippen molar-refractivity contribution >= 4 is 15.9 Å². The van der Waals surface area contributed by atoms with Gasteiger partial charge in [0.2, 0.25) is 0 Å². The summed E-state index contributed by atoms with van der Waals surface area (Å²) >= 11 is 3.59. The highest BCUT2D eigenvalue weighted by Crippen LogP contribution is 2.42. The maximum Gasteiger partial charge on any atom is 0.0614 e. The molecular weight excluding hydrogens is 204 g/mol. The molecule has 0 spiro atoms. The lowest BCUT2D eigenvalue weighted by Crippen LogP contribution is -2.35. The monoisotopic (exact) mass is 220 g/mol. The van der Waals surface area contributed by atoms with Crippen LogP contribution in [-0.2, 0) is 4.74 Å². The Morgan fingerprint density at radius 2 is 2.27 bits per heavy atom. The summed E-state index contributed by atoms with van der Waals surface area (Å²) in [4.78, 5) is 0. The first-order valence-electron chi connectivity index (χ1n) is 4.31.